The summed E-state index contributed by atoms with van der Waals surface area (Å²) < 4.78 is 0. The minimum absolute atomic E-state index is 0.00904. The molecule has 0 atom stereocenters. The Morgan fingerprint density at radius 3 is 2.48 bits per heavy atom. The van der Waals surface area contributed by atoms with Gasteiger partial charge >= 0.3 is 0 Å². The Labute approximate surface area is 142 Å². The zero-order chi connectivity index (χ0) is 16.9. The van der Waals surface area contributed by atoms with Gasteiger partial charge in [-0.1, -0.05) is 20.8 Å². The van der Waals surface area contributed by atoms with Crippen molar-refractivity contribution < 1.29 is 9.59 Å². The summed E-state index contributed by atoms with van der Waals surface area (Å²) in [6, 6.07) is 1.83. The molecule has 6 heteroatoms. The Morgan fingerprint density at radius 1 is 1.22 bits per heavy atom. The van der Waals surface area contributed by atoms with Crippen molar-refractivity contribution >= 4 is 23.2 Å². The fourth-order valence-electron chi connectivity index (χ4n) is 2.61. The van der Waals surface area contributed by atoms with Crippen LogP contribution in [0.5, 0.6) is 0 Å². The SMILES string of the molecule is CC(C)(C)CC(=O)N1CCN(CCNC(=O)c2ccsc2)CC1. The van der Waals surface area contributed by atoms with Gasteiger partial charge < -0.3 is 10.2 Å². The minimum Gasteiger partial charge on any atom is -0.351 e. The first-order chi connectivity index (χ1) is 10.8. The molecule has 1 aromatic heterocycles. The minimum atomic E-state index is -0.00904. The Kier molecular flexibility index (Phi) is 6.18. The molecule has 5 nitrogen and oxygen atoms in total. The van der Waals surface area contributed by atoms with Crippen LogP contribution in [0.4, 0.5) is 0 Å². The summed E-state index contributed by atoms with van der Waals surface area (Å²) in [4.78, 5) is 28.3. The number of carbonyl (C=O) groups excluding carboxylic acids is 2. The maximum absolute atomic E-state index is 12.2. The quantitative estimate of drug-likeness (QED) is 0.895. The van der Waals surface area contributed by atoms with E-state index in [0.29, 0.717) is 13.0 Å². The molecule has 1 aliphatic rings. The van der Waals surface area contributed by atoms with Gasteiger partial charge in [0.15, 0.2) is 0 Å². The second kappa shape index (κ2) is 7.93. The predicted molar refractivity (Wildman–Crippen MR) is 93.7 cm³/mol. The molecule has 0 bridgehead atoms. The van der Waals surface area contributed by atoms with Crippen molar-refractivity contribution in [3.05, 3.63) is 22.4 Å². The van der Waals surface area contributed by atoms with E-state index in [1.54, 1.807) is 0 Å². The van der Waals surface area contributed by atoms with Gasteiger partial charge in [-0.05, 0) is 16.9 Å². The first-order valence-electron chi connectivity index (χ1n) is 8.16. The summed E-state index contributed by atoms with van der Waals surface area (Å²) in [6.45, 7) is 11.1. The van der Waals surface area contributed by atoms with Gasteiger partial charge in [-0.3, -0.25) is 14.5 Å². The van der Waals surface area contributed by atoms with Gasteiger partial charge in [-0.2, -0.15) is 11.3 Å². The largest absolute Gasteiger partial charge is 0.351 e. The van der Waals surface area contributed by atoms with Crippen LogP contribution >= 0.6 is 11.3 Å². The van der Waals surface area contributed by atoms with Crippen molar-refractivity contribution in [2.24, 2.45) is 5.41 Å². The van der Waals surface area contributed by atoms with Crippen LogP contribution in [0.3, 0.4) is 0 Å². The summed E-state index contributed by atoms with van der Waals surface area (Å²) in [5.41, 5.74) is 0.771. The molecule has 1 saturated heterocycles. The number of nitrogens with one attached hydrogen (secondary N) is 1. The molecule has 0 saturated carbocycles. The van der Waals surface area contributed by atoms with E-state index < -0.39 is 0 Å². The Hall–Kier alpha value is -1.40. The molecule has 0 unspecified atom stereocenters. The van der Waals surface area contributed by atoms with Crippen molar-refractivity contribution in [3.63, 3.8) is 0 Å². The van der Waals surface area contributed by atoms with Crippen LogP contribution in [0.25, 0.3) is 0 Å². The smallest absolute Gasteiger partial charge is 0.252 e. The molecule has 2 rings (SSSR count). The number of thiophene rings is 1. The van der Waals surface area contributed by atoms with Crippen molar-refractivity contribution in [1.82, 2.24) is 15.1 Å². The number of nitrogens with zero attached hydrogens (tertiary/aromatic N) is 2. The number of piperazine rings is 1. The van der Waals surface area contributed by atoms with Gasteiger partial charge in [0.1, 0.15) is 0 Å². The molecule has 0 spiro atoms. The van der Waals surface area contributed by atoms with E-state index in [9.17, 15) is 9.59 Å². The summed E-state index contributed by atoms with van der Waals surface area (Å²) in [5.74, 6) is 0.244. The summed E-state index contributed by atoms with van der Waals surface area (Å²) in [6.07, 6.45) is 0.601. The van der Waals surface area contributed by atoms with Crippen LogP contribution in [0, 0.1) is 5.41 Å². The Bertz CT molecular complexity index is 514. The molecule has 1 aliphatic heterocycles. The van der Waals surface area contributed by atoms with Gasteiger partial charge in [0.25, 0.3) is 5.91 Å². The molecule has 0 aliphatic carbocycles. The average molecular weight is 337 g/mol. The van der Waals surface area contributed by atoms with E-state index in [4.69, 9.17) is 0 Å². The van der Waals surface area contributed by atoms with Crippen LogP contribution < -0.4 is 5.32 Å². The van der Waals surface area contributed by atoms with E-state index in [1.807, 2.05) is 21.7 Å². The van der Waals surface area contributed by atoms with Crippen LogP contribution in [0.1, 0.15) is 37.6 Å². The van der Waals surface area contributed by atoms with Crippen molar-refractivity contribution in [3.8, 4) is 0 Å². The lowest BCUT2D eigenvalue weighted by Gasteiger charge is -2.36. The zero-order valence-corrected chi connectivity index (χ0v) is 15.1. The molecule has 1 fully saturated rings. The highest BCUT2D eigenvalue weighted by Crippen LogP contribution is 2.20. The number of carbonyl (C=O) groups is 2. The topological polar surface area (TPSA) is 52.7 Å². The fraction of sp³-hybridized carbons (Fsp3) is 0.647. The lowest BCUT2D eigenvalue weighted by atomic mass is 9.91. The highest BCUT2D eigenvalue weighted by Gasteiger charge is 2.24. The number of hydrogen-bond donors (Lipinski definition) is 1. The summed E-state index contributed by atoms with van der Waals surface area (Å²) >= 11 is 1.53. The fourth-order valence-corrected chi connectivity index (χ4v) is 3.25. The molecule has 1 aromatic rings. The first-order valence-corrected chi connectivity index (χ1v) is 9.10. The molecule has 128 valence electrons. The van der Waals surface area contributed by atoms with Crippen molar-refractivity contribution in [2.45, 2.75) is 27.2 Å². The van der Waals surface area contributed by atoms with E-state index >= 15 is 0 Å². The molecule has 1 N–H and O–H groups in total. The second-order valence-corrected chi connectivity index (χ2v) is 8.01. The highest BCUT2D eigenvalue weighted by atomic mass is 32.1. The highest BCUT2D eigenvalue weighted by molar-refractivity contribution is 7.08. The summed E-state index contributed by atoms with van der Waals surface area (Å²) in [5, 5.41) is 6.70. The molecular formula is C17H27N3O2S. The van der Waals surface area contributed by atoms with E-state index in [1.165, 1.54) is 11.3 Å². The predicted octanol–water partition coefficient (Wildman–Crippen LogP) is 2.06. The van der Waals surface area contributed by atoms with Crippen LogP contribution in [0.2, 0.25) is 0 Å². The monoisotopic (exact) mass is 337 g/mol. The number of hydrogen-bond acceptors (Lipinski definition) is 4. The lowest BCUT2D eigenvalue weighted by Crippen LogP contribution is -2.50. The van der Waals surface area contributed by atoms with Gasteiger partial charge in [-0.15, -0.1) is 0 Å². The lowest BCUT2D eigenvalue weighted by molar-refractivity contribution is -0.134. The maximum Gasteiger partial charge on any atom is 0.252 e. The Balaban J connectivity index is 1.65. The molecule has 0 radical (unpaired) electrons. The summed E-state index contributed by atoms with van der Waals surface area (Å²) in [7, 11) is 0. The molecule has 2 amide bonds. The molecule has 0 aromatic carbocycles. The Morgan fingerprint density at radius 2 is 1.91 bits per heavy atom. The maximum atomic E-state index is 12.2. The van der Waals surface area contributed by atoms with Gasteiger partial charge in [-0.25, -0.2) is 0 Å². The average Bonchev–Trinajstić information content (AvgIpc) is 3.00. The van der Waals surface area contributed by atoms with Gasteiger partial charge in [0.2, 0.25) is 5.91 Å². The van der Waals surface area contributed by atoms with Crippen molar-refractivity contribution in [1.29, 1.82) is 0 Å². The molecule has 2 heterocycles. The van der Waals surface area contributed by atoms with Gasteiger partial charge in [0.05, 0.1) is 0 Å². The molecule has 23 heavy (non-hydrogen) atoms. The molecular weight excluding hydrogens is 310 g/mol. The van der Waals surface area contributed by atoms with Gasteiger partial charge in [0, 0.05) is 56.6 Å². The van der Waals surface area contributed by atoms with Crippen LogP contribution in [0.15, 0.2) is 16.8 Å². The number of amides is 2. The third kappa shape index (κ3) is 5.95. The normalized spacial score (nSPS) is 16.4. The van der Waals surface area contributed by atoms with Crippen LogP contribution in [-0.4, -0.2) is 60.9 Å². The van der Waals surface area contributed by atoms with Crippen LogP contribution in [-0.2, 0) is 4.79 Å². The third-order valence-electron chi connectivity index (χ3n) is 3.90. The standard InChI is InChI=1S/C17H27N3O2S/c1-17(2,3)12-15(21)20-9-7-19(8-10-20)6-5-18-16(22)14-4-11-23-13-14/h4,11,13H,5-10,12H2,1-3H3,(H,18,22). The van der Waals surface area contributed by atoms with E-state index in [-0.39, 0.29) is 17.2 Å². The third-order valence-corrected chi connectivity index (χ3v) is 4.59. The van der Waals surface area contributed by atoms with E-state index in [0.717, 1.165) is 38.3 Å². The second-order valence-electron chi connectivity index (χ2n) is 7.23. The first kappa shape index (κ1) is 17.9. The zero-order valence-electron chi connectivity index (χ0n) is 14.3. The number of rotatable bonds is 5. The van der Waals surface area contributed by atoms with Crippen molar-refractivity contribution in [2.75, 3.05) is 39.3 Å². The van der Waals surface area contributed by atoms with E-state index in [2.05, 4.69) is 31.0 Å².